The van der Waals surface area contributed by atoms with E-state index in [0.717, 1.165) is 109 Å². The zero-order valence-electron chi connectivity index (χ0n) is 33.0. The maximum atomic E-state index is 12.3. The van der Waals surface area contributed by atoms with E-state index in [2.05, 4.69) is 21.9 Å². The number of nitrogens with zero attached hydrogens (tertiary/aromatic N) is 8. The summed E-state index contributed by atoms with van der Waals surface area (Å²) in [6.07, 6.45) is 3.83. The van der Waals surface area contributed by atoms with Crippen molar-refractivity contribution in [1.82, 2.24) is 19.8 Å². The van der Waals surface area contributed by atoms with Crippen molar-refractivity contribution in [2.45, 2.75) is 77.7 Å². The summed E-state index contributed by atoms with van der Waals surface area (Å²) in [5.74, 6) is 3.55. The van der Waals surface area contributed by atoms with Gasteiger partial charge in [-0.1, -0.05) is 12.1 Å². The zero-order chi connectivity index (χ0) is 39.7. The smallest absolute Gasteiger partial charge is 0.256 e. The van der Waals surface area contributed by atoms with Crippen molar-refractivity contribution >= 4 is 23.5 Å². The molecule has 2 atom stereocenters. The van der Waals surface area contributed by atoms with Gasteiger partial charge >= 0.3 is 0 Å². The Morgan fingerprint density at radius 3 is 1.36 bits per heavy atom. The topological polar surface area (TPSA) is 139 Å². The third-order valence-electron chi connectivity index (χ3n) is 11.5. The number of pyridine rings is 2. The van der Waals surface area contributed by atoms with Crippen LogP contribution in [0.2, 0.25) is 0 Å². The Kier molecular flexibility index (Phi) is 10.8. The molecule has 2 aromatic carbocycles. The number of rotatable bonds is 6. The van der Waals surface area contributed by atoms with Gasteiger partial charge < -0.3 is 29.1 Å². The van der Waals surface area contributed by atoms with Crippen LogP contribution >= 0.6 is 0 Å². The Balaban J connectivity index is 0.000000172. The van der Waals surface area contributed by atoms with E-state index in [4.69, 9.17) is 30.0 Å². The summed E-state index contributed by atoms with van der Waals surface area (Å²) in [6, 6.07) is 22.9. The molecular weight excluding hydrogens is 705 g/mol. The quantitative estimate of drug-likeness (QED) is 0.204. The van der Waals surface area contributed by atoms with Gasteiger partial charge in [-0.25, -0.2) is 9.97 Å². The van der Waals surface area contributed by atoms with Crippen LogP contribution in [0, 0.1) is 36.5 Å². The van der Waals surface area contributed by atoms with E-state index >= 15 is 0 Å². The molecule has 6 heterocycles. The number of anilines is 2. The van der Waals surface area contributed by atoms with Crippen molar-refractivity contribution in [3.63, 3.8) is 0 Å². The molecule has 0 unspecified atom stereocenters. The standard InChI is InChI=1S/2C22H24N4O2/c2*1-14-11-19-20(15(2)25(3)22(19)27)24-21(14)26-9-7-17(8-10-26)28-18-6-4-5-16(12-18)13-23/h2*4-6,11-12,15,17H,7-10H2,1-3H3/t2*15-/m10/s1. The fourth-order valence-electron chi connectivity index (χ4n) is 7.99. The van der Waals surface area contributed by atoms with E-state index in [-0.39, 0.29) is 36.1 Å². The number of fused-ring (bicyclic) bond motifs is 2. The first kappa shape index (κ1) is 38.1. The van der Waals surface area contributed by atoms with E-state index in [9.17, 15) is 9.59 Å². The molecule has 0 aliphatic carbocycles. The van der Waals surface area contributed by atoms with Gasteiger partial charge in [-0.15, -0.1) is 0 Å². The maximum absolute atomic E-state index is 12.3. The average molecular weight is 753 g/mol. The first-order valence-electron chi connectivity index (χ1n) is 19.4. The number of carbonyl (C=O) groups excluding carboxylic acids is 2. The second-order valence-electron chi connectivity index (χ2n) is 15.2. The number of hydrogen-bond acceptors (Lipinski definition) is 10. The third-order valence-corrected chi connectivity index (χ3v) is 11.5. The molecule has 4 aliphatic heterocycles. The minimum Gasteiger partial charge on any atom is -0.490 e. The van der Waals surface area contributed by atoms with E-state index in [1.54, 1.807) is 34.1 Å². The molecule has 2 saturated heterocycles. The van der Waals surface area contributed by atoms with Crippen molar-refractivity contribution in [3.8, 4) is 23.6 Å². The molecule has 8 rings (SSSR count). The van der Waals surface area contributed by atoms with Crippen molar-refractivity contribution < 1.29 is 19.1 Å². The fourth-order valence-corrected chi connectivity index (χ4v) is 7.99. The molecule has 4 aromatic rings. The molecule has 2 fully saturated rings. The van der Waals surface area contributed by atoms with Gasteiger partial charge in [0.25, 0.3) is 11.8 Å². The fraction of sp³-hybridized carbons (Fsp3) is 0.409. The normalized spacial score (nSPS) is 19.5. The summed E-state index contributed by atoms with van der Waals surface area (Å²) < 4.78 is 12.2. The maximum Gasteiger partial charge on any atom is 0.256 e. The molecule has 4 aliphatic rings. The first-order valence-corrected chi connectivity index (χ1v) is 19.4. The lowest BCUT2D eigenvalue weighted by molar-refractivity contribution is 0.0775. The summed E-state index contributed by atoms with van der Waals surface area (Å²) in [6.45, 7) is 11.5. The second-order valence-corrected chi connectivity index (χ2v) is 15.2. The van der Waals surface area contributed by atoms with Crippen LogP contribution in [0.1, 0.15) is 106 Å². The molecule has 0 bridgehead atoms. The molecule has 12 heteroatoms. The third kappa shape index (κ3) is 7.57. The van der Waals surface area contributed by atoms with Gasteiger partial charge in [0, 0.05) is 66.0 Å². The first-order chi connectivity index (χ1) is 26.9. The lowest BCUT2D eigenvalue weighted by Crippen LogP contribution is -2.39. The zero-order valence-corrected chi connectivity index (χ0v) is 33.0. The highest BCUT2D eigenvalue weighted by atomic mass is 16.5. The second kappa shape index (κ2) is 15.9. The van der Waals surface area contributed by atoms with Crippen LogP contribution in [-0.2, 0) is 0 Å². The number of benzene rings is 2. The molecule has 288 valence electrons. The highest BCUT2D eigenvalue weighted by Gasteiger charge is 2.36. The average Bonchev–Trinajstić information content (AvgIpc) is 3.55. The molecule has 56 heavy (non-hydrogen) atoms. The van der Waals surface area contributed by atoms with Crippen LogP contribution in [0.5, 0.6) is 11.5 Å². The minimum atomic E-state index is 0.00938. The van der Waals surface area contributed by atoms with Gasteiger partial charge in [0.2, 0.25) is 0 Å². The molecule has 12 nitrogen and oxygen atoms in total. The predicted molar refractivity (Wildman–Crippen MR) is 213 cm³/mol. The van der Waals surface area contributed by atoms with Crippen LogP contribution in [0.4, 0.5) is 11.6 Å². The van der Waals surface area contributed by atoms with E-state index in [1.165, 1.54) is 0 Å². The van der Waals surface area contributed by atoms with Gasteiger partial charge in [-0.2, -0.15) is 10.5 Å². The van der Waals surface area contributed by atoms with Crippen LogP contribution in [-0.4, -0.2) is 84.1 Å². The summed E-state index contributed by atoms with van der Waals surface area (Å²) in [7, 11) is 3.65. The monoisotopic (exact) mass is 752 g/mol. The Morgan fingerprint density at radius 2 is 1.00 bits per heavy atom. The Morgan fingerprint density at radius 1 is 0.625 bits per heavy atom. The van der Waals surface area contributed by atoms with Crippen LogP contribution in [0.25, 0.3) is 0 Å². The molecule has 0 N–H and O–H groups in total. The number of aryl methyl sites for hydroxylation is 2. The van der Waals surface area contributed by atoms with E-state index in [0.29, 0.717) is 11.1 Å². The summed E-state index contributed by atoms with van der Waals surface area (Å²) >= 11 is 0. The van der Waals surface area contributed by atoms with E-state index < -0.39 is 0 Å². The molecule has 2 aromatic heterocycles. The highest BCUT2D eigenvalue weighted by Crippen LogP contribution is 2.36. The number of nitriles is 2. The number of amides is 2. The number of aromatic nitrogens is 2. The minimum absolute atomic E-state index is 0.00938. The largest absolute Gasteiger partial charge is 0.490 e. The van der Waals surface area contributed by atoms with Gasteiger partial charge in [-0.3, -0.25) is 9.59 Å². The lowest BCUT2D eigenvalue weighted by Gasteiger charge is -2.34. The Bertz CT molecular complexity index is 2070. The molecule has 0 spiro atoms. The van der Waals surface area contributed by atoms with Crippen LogP contribution < -0.4 is 19.3 Å². The van der Waals surface area contributed by atoms with Crippen LogP contribution in [0.15, 0.2) is 60.7 Å². The summed E-state index contributed by atoms with van der Waals surface area (Å²) in [4.78, 5) is 42.5. The number of hydrogen-bond donors (Lipinski definition) is 0. The van der Waals surface area contributed by atoms with E-state index in [1.807, 2.05) is 78.2 Å². The van der Waals surface area contributed by atoms with Gasteiger partial charge in [0.15, 0.2) is 0 Å². The summed E-state index contributed by atoms with van der Waals surface area (Å²) in [5.41, 5.74) is 6.51. The van der Waals surface area contributed by atoms with Gasteiger partial charge in [0.1, 0.15) is 35.3 Å². The Labute approximate surface area is 328 Å². The summed E-state index contributed by atoms with van der Waals surface area (Å²) in [5, 5.41) is 18.1. The van der Waals surface area contributed by atoms with Crippen molar-refractivity contribution in [1.29, 1.82) is 10.5 Å². The lowest BCUT2D eigenvalue weighted by atomic mass is 10.1. The number of ether oxygens (including phenoxy) is 2. The SMILES string of the molecule is Cc1cc2c(nc1N1CCC(Oc3cccc(C#N)c3)CC1)[C@@H](C)N(C)C2=O.Cc1cc2c(nc1N1CCC(Oc3cccc(C#N)c3)CC1)[C@H](C)N(C)C2=O. The van der Waals surface area contributed by atoms with Crippen LogP contribution in [0.3, 0.4) is 0 Å². The van der Waals surface area contributed by atoms with Gasteiger partial charge in [-0.05, 0) is 87.4 Å². The highest BCUT2D eigenvalue weighted by molar-refractivity contribution is 5.99. The molecule has 0 radical (unpaired) electrons. The molecular formula is C44H48N8O4. The van der Waals surface area contributed by atoms with Crippen molar-refractivity contribution in [2.75, 3.05) is 50.1 Å². The predicted octanol–water partition coefficient (Wildman–Crippen LogP) is 6.91. The molecule has 2 amide bonds. The van der Waals surface area contributed by atoms with Crippen molar-refractivity contribution in [3.05, 3.63) is 105 Å². The Hall–Kier alpha value is -6.14. The number of carbonyl (C=O) groups is 2. The van der Waals surface area contributed by atoms with Gasteiger partial charge in [0.05, 0.1) is 57.9 Å². The van der Waals surface area contributed by atoms with Crippen molar-refractivity contribution in [2.24, 2.45) is 0 Å². The molecule has 0 saturated carbocycles. The number of piperidine rings is 2.